The molecule has 3 heterocycles. The third kappa shape index (κ3) is 3.84. The molecule has 0 atom stereocenters. The molecule has 0 spiro atoms. The monoisotopic (exact) mass is 441 g/mol. The van der Waals surface area contributed by atoms with Crippen molar-refractivity contribution in [2.75, 3.05) is 37.6 Å². The van der Waals surface area contributed by atoms with Crippen molar-refractivity contribution in [2.45, 2.75) is 6.92 Å². The summed E-state index contributed by atoms with van der Waals surface area (Å²) in [5.74, 6) is -0.289. The Hall–Kier alpha value is -4.07. The molecule has 0 unspecified atom stereocenters. The van der Waals surface area contributed by atoms with Crippen LogP contribution in [0.2, 0.25) is 0 Å². The van der Waals surface area contributed by atoms with Crippen LogP contribution in [-0.2, 0) is 4.79 Å². The molecule has 5 rings (SSSR count). The molecule has 8 nitrogen and oxygen atoms in total. The fourth-order valence-corrected chi connectivity index (χ4v) is 4.30. The summed E-state index contributed by atoms with van der Waals surface area (Å²) in [5.41, 5.74) is 3.73. The maximum Gasteiger partial charge on any atom is 0.262 e. The zero-order valence-electron chi connectivity index (χ0n) is 18.3. The van der Waals surface area contributed by atoms with E-state index in [1.165, 1.54) is 0 Å². The molecular weight excluding hydrogens is 418 g/mol. The smallest absolute Gasteiger partial charge is 0.262 e. The molecule has 1 fully saturated rings. The molecule has 33 heavy (non-hydrogen) atoms. The Labute approximate surface area is 191 Å². The van der Waals surface area contributed by atoms with Crippen LogP contribution in [0.3, 0.4) is 0 Å². The summed E-state index contributed by atoms with van der Waals surface area (Å²) in [6.45, 7) is 3.99. The second kappa shape index (κ2) is 8.46. The third-order valence-electron chi connectivity index (χ3n) is 6.20. The van der Waals surface area contributed by atoms with E-state index in [-0.39, 0.29) is 12.5 Å². The van der Waals surface area contributed by atoms with Crippen LogP contribution in [0.1, 0.15) is 26.3 Å². The highest BCUT2D eigenvalue weighted by Crippen LogP contribution is 2.24. The first-order valence-corrected chi connectivity index (χ1v) is 10.9. The van der Waals surface area contributed by atoms with Gasteiger partial charge in [0.1, 0.15) is 6.54 Å². The highest BCUT2D eigenvalue weighted by Gasteiger charge is 2.37. The van der Waals surface area contributed by atoms with Crippen molar-refractivity contribution in [1.29, 1.82) is 0 Å². The van der Waals surface area contributed by atoms with Gasteiger partial charge in [-0.2, -0.15) is 0 Å². The minimum absolute atomic E-state index is 0.231. The van der Waals surface area contributed by atoms with E-state index in [2.05, 4.69) is 15.1 Å². The van der Waals surface area contributed by atoms with Gasteiger partial charge in [0.05, 0.1) is 16.8 Å². The number of nitrogens with zero attached hydrogens (tertiary/aromatic N) is 5. The second-order valence-electron chi connectivity index (χ2n) is 8.20. The summed E-state index contributed by atoms with van der Waals surface area (Å²) < 4.78 is 0. The zero-order valence-corrected chi connectivity index (χ0v) is 18.3. The summed E-state index contributed by atoms with van der Waals surface area (Å²) in [6, 6.07) is 18.6. The van der Waals surface area contributed by atoms with Gasteiger partial charge in [0.25, 0.3) is 11.8 Å². The predicted octanol–water partition coefficient (Wildman–Crippen LogP) is 2.40. The van der Waals surface area contributed by atoms with Crippen molar-refractivity contribution < 1.29 is 14.4 Å². The fraction of sp³-hybridized carbons (Fsp3) is 0.240. The lowest BCUT2D eigenvalue weighted by molar-refractivity contribution is -0.131. The zero-order chi connectivity index (χ0) is 22.9. The molecule has 166 valence electrons. The Morgan fingerprint density at radius 3 is 1.97 bits per heavy atom. The molecule has 0 bridgehead atoms. The van der Waals surface area contributed by atoms with Gasteiger partial charge >= 0.3 is 0 Å². The van der Waals surface area contributed by atoms with Gasteiger partial charge in [-0.1, -0.05) is 36.4 Å². The number of imide groups is 1. The largest absolute Gasteiger partial charge is 0.352 e. The quantitative estimate of drug-likeness (QED) is 0.578. The van der Waals surface area contributed by atoms with Gasteiger partial charge in [-0.15, -0.1) is 10.2 Å². The molecule has 0 N–H and O–H groups in total. The number of aromatic nitrogens is 2. The van der Waals surface area contributed by atoms with Crippen molar-refractivity contribution >= 4 is 23.5 Å². The first kappa shape index (κ1) is 20.8. The second-order valence-corrected chi connectivity index (χ2v) is 8.20. The number of hydrogen-bond donors (Lipinski definition) is 0. The van der Waals surface area contributed by atoms with Crippen LogP contribution >= 0.6 is 0 Å². The highest BCUT2D eigenvalue weighted by atomic mass is 16.2. The third-order valence-corrected chi connectivity index (χ3v) is 6.20. The van der Waals surface area contributed by atoms with Crippen molar-refractivity contribution in [3.05, 3.63) is 77.4 Å². The van der Waals surface area contributed by atoms with Crippen LogP contribution in [0.4, 0.5) is 5.82 Å². The van der Waals surface area contributed by atoms with Gasteiger partial charge in [-0.25, -0.2) is 0 Å². The molecule has 3 amide bonds. The fourth-order valence-electron chi connectivity index (χ4n) is 4.30. The minimum Gasteiger partial charge on any atom is -0.352 e. The van der Waals surface area contributed by atoms with Crippen LogP contribution in [0.25, 0.3) is 11.3 Å². The summed E-state index contributed by atoms with van der Waals surface area (Å²) in [4.78, 5) is 42.7. The van der Waals surface area contributed by atoms with Crippen molar-refractivity contribution in [3.63, 3.8) is 0 Å². The lowest BCUT2D eigenvalue weighted by Gasteiger charge is -2.35. The van der Waals surface area contributed by atoms with Gasteiger partial charge < -0.3 is 9.80 Å². The predicted molar refractivity (Wildman–Crippen MR) is 123 cm³/mol. The molecule has 8 heteroatoms. The van der Waals surface area contributed by atoms with Crippen molar-refractivity contribution in [1.82, 2.24) is 20.0 Å². The van der Waals surface area contributed by atoms with Crippen molar-refractivity contribution in [3.8, 4) is 11.3 Å². The molecule has 1 saturated heterocycles. The number of anilines is 1. The maximum absolute atomic E-state index is 12.8. The average Bonchev–Trinajstić information content (AvgIpc) is 3.09. The molecule has 2 aliphatic heterocycles. The Kier molecular flexibility index (Phi) is 5.34. The molecule has 2 aromatic carbocycles. The molecular formula is C25H23N5O3. The van der Waals surface area contributed by atoms with Gasteiger partial charge in [0, 0.05) is 31.7 Å². The normalized spacial score (nSPS) is 15.7. The molecule has 3 aromatic rings. The highest BCUT2D eigenvalue weighted by molar-refractivity contribution is 6.22. The van der Waals surface area contributed by atoms with Gasteiger partial charge in [-0.05, 0) is 36.8 Å². The first-order chi connectivity index (χ1) is 16.0. The van der Waals surface area contributed by atoms with E-state index in [0.29, 0.717) is 37.3 Å². The lowest BCUT2D eigenvalue weighted by Crippen LogP contribution is -2.52. The Morgan fingerprint density at radius 1 is 0.788 bits per heavy atom. The number of carbonyl (C=O) groups excluding carboxylic acids is 3. The lowest BCUT2D eigenvalue weighted by atomic mass is 10.1. The number of rotatable bonds is 4. The van der Waals surface area contributed by atoms with Gasteiger partial charge in [-0.3, -0.25) is 19.3 Å². The standard InChI is InChI=1S/C25H23N5O3/c1-17-6-2-3-7-18(17)21-10-11-22(27-26-21)28-12-14-29(15-13-28)23(31)16-30-24(32)19-8-4-5-9-20(19)25(30)33/h2-11H,12-16H2,1H3. The number of benzene rings is 2. The van der Waals surface area contributed by atoms with E-state index >= 15 is 0 Å². The summed E-state index contributed by atoms with van der Waals surface area (Å²) in [6.07, 6.45) is 0. The number of fused-ring (bicyclic) bond motifs is 1. The van der Waals surface area contributed by atoms with E-state index in [1.807, 2.05) is 43.3 Å². The van der Waals surface area contributed by atoms with E-state index in [9.17, 15) is 14.4 Å². The summed E-state index contributed by atoms with van der Waals surface area (Å²) >= 11 is 0. The molecule has 0 radical (unpaired) electrons. The SMILES string of the molecule is Cc1ccccc1-c1ccc(N2CCN(C(=O)CN3C(=O)c4ccccc4C3=O)CC2)nn1. The van der Waals surface area contributed by atoms with Crippen LogP contribution in [-0.4, -0.2) is 70.4 Å². The average molecular weight is 441 g/mol. The van der Waals surface area contributed by atoms with E-state index in [1.54, 1.807) is 29.2 Å². The number of carbonyl (C=O) groups is 3. The number of aryl methyl sites for hydroxylation is 1. The first-order valence-electron chi connectivity index (χ1n) is 10.9. The van der Waals surface area contributed by atoms with Crippen LogP contribution in [0.15, 0.2) is 60.7 Å². The van der Waals surface area contributed by atoms with Crippen LogP contribution < -0.4 is 4.90 Å². The maximum atomic E-state index is 12.8. The van der Waals surface area contributed by atoms with E-state index in [4.69, 9.17) is 0 Å². The Balaban J connectivity index is 1.19. The minimum atomic E-state index is -0.411. The van der Waals surface area contributed by atoms with Crippen molar-refractivity contribution in [2.24, 2.45) is 0 Å². The van der Waals surface area contributed by atoms with Gasteiger partial charge in [0.15, 0.2) is 5.82 Å². The molecule has 2 aliphatic rings. The molecule has 0 saturated carbocycles. The van der Waals surface area contributed by atoms with E-state index < -0.39 is 11.8 Å². The van der Waals surface area contributed by atoms with Gasteiger partial charge in [0.2, 0.25) is 5.91 Å². The van der Waals surface area contributed by atoms with Crippen LogP contribution in [0.5, 0.6) is 0 Å². The summed E-state index contributed by atoms with van der Waals surface area (Å²) in [5, 5.41) is 8.78. The summed E-state index contributed by atoms with van der Waals surface area (Å²) in [7, 11) is 0. The molecule has 1 aromatic heterocycles. The topological polar surface area (TPSA) is 86.7 Å². The number of piperazine rings is 1. The van der Waals surface area contributed by atoms with E-state index in [0.717, 1.165) is 27.5 Å². The number of amides is 3. The number of hydrogen-bond acceptors (Lipinski definition) is 6. The van der Waals surface area contributed by atoms with Crippen LogP contribution in [0, 0.1) is 6.92 Å². The Bertz CT molecular complexity index is 1200. The Morgan fingerprint density at radius 2 is 1.39 bits per heavy atom. The molecule has 0 aliphatic carbocycles.